The molecular weight excluding hydrogens is 264 g/mol. The number of rotatable bonds is 3. The average Bonchev–Trinajstić information content (AvgIpc) is 2.70. The number of halogens is 1. The molecule has 0 radical (unpaired) electrons. The summed E-state index contributed by atoms with van der Waals surface area (Å²) < 4.78 is 4.83. The van der Waals surface area contributed by atoms with Gasteiger partial charge in [-0.1, -0.05) is 0 Å². The van der Waals surface area contributed by atoms with Crippen LogP contribution in [0.3, 0.4) is 0 Å². The first-order valence-corrected chi connectivity index (χ1v) is 5.52. The second-order valence-corrected chi connectivity index (χ2v) is 4.13. The first-order chi connectivity index (χ1) is 8.51. The van der Waals surface area contributed by atoms with Crippen molar-refractivity contribution in [1.82, 2.24) is 15.0 Å². The molecule has 2 rings (SSSR count). The standard InChI is InChI=1S/C9H11ClN4O4/c1-18-9-12-7(10)11-8(13-9)14-3-4(15)2-5(14)6(16)17/h4-5,15H,2-3H2,1H3,(H,16,17). The van der Waals surface area contributed by atoms with Crippen LogP contribution >= 0.6 is 11.6 Å². The summed E-state index contributed by atoms with van der Waals surface area (Å²) in [7, 11) is 1.36. The van der Waals surface area contributed by atoms with Gasteiger partial charge in [0.15, 0.2) is 0 Å². The van der Waals surface area contributed by atoms with Crippen LogP contribution in [0.4, 0.5) is 5.95 Å². The van der Waals surface area contributed by atoms with Crippen LogP contribution in [0.15, 0.2) is 0 Å². The Morgan fingerprint density at radius 2 is 2.22 bits per heavy atom. The van der Waals surface area contributed by atoms with E-state index >= 15 is 0 Å². The molecule has 1 aromatic heterocycles. The van der Waals surface area contributed by atoms with E-state index in [0.717, 1.165) is 0 Å². The zero-order valence-electron chi connectivity index (χ0n) is 9.45. The summed E-state index contributed by atoms with van der Waals surface area (Å²) in [6.07, 6.45) is -0.631. The third-order valence-electron chi connectivity index (χ3n) is 2.58. The molecule has 1 aliphatic heterocycles. The Bertz CT molecular complexity index is 472. The minimum absolute atomic E-state index is 0.00414. The van der Waals surface area contributed by atoms with Crippen molar-refractivity contribution in [3.05, 3.63) is 5.28 Å². The number of anilines is 1. The van der Waals surface area contributed by atoms with Crippen molar-refractivity contribution in [3.63, 3.8) is 0 Å². The number of ether oxygens (including phenoxy) is 1. The van der Waals surface area contributed by atoms with Crippen LogP contribution in [0.25, 0.3) is 0 Å². The molecule has 0 aliphatic carbocycles. The van der Waals surface area contributed by atoms with Gasteiger partial charge in [0.2, 0.25) is 11.2 Å². The van der Waals surface area contributed by atoms with Gasteiger partial charge in [-0.3, -0.25) is 0 Å². The van der Waals surface area contributed by atoms with Gasteiger partial charge in [-0.2, -0.15) is 15.0 Å². The predicted molar refractivity (Wildman–Crippen MR) is 60.8 cm³/mol. The monoisotopic (exact) mass is 274 g/mol. The summed E-state index contributed by atoms with van der Waals surface area (Å²) >= 11 is 5.69. The van der Waals surface area contributed by atoms with Gasteiger partial charge in [0.25, 0.3) is 0 Å². The normalized spacial score (nSPS) is 23.2. The zero-order chi connectivity index (χ0) is 13.3. The van der Waals surface area contributed by atoms with Crippen molar-refractivity contribution in [2.75, 3.05) is 18.6 Å². The smallest absolute Gasteiger partial charge is 0.326 e. The fourth-order valence-corrected chi connectivity index (χ4v) is 1.96. The van der Waals surface area contributed by atoms with Gasteiger partial charge in [0, 0.05) is 13.0 Å². The number of aliphatic hydroxyl groups excluding tert-OH is 1. The largest absolute Gasteiger partial charge is 0.480 e. The zero-order valence-corrected chi connectivity index (χ0v) is 10.2. The van der Waals surface area contributed by atoms with E-state index in [1.165, 1.54) is 12.0 Å². The number of carboxylic acid groups (broad SMARTS) is 1. The number of carboxylic acids is 1. The molecule has 2 N–H and O–H groups in total. The Balaban J connectivity index is 2.35. The van der Waals surface area contributed by atoms with Crippen molar-refractivity contribution in [1.29, 1.82) is 0 Å². The highest BCUT2D eigenvalue weighted by Gasteiger charge is 2.38. The van der Waals surface area contributed by atoms with Crippen LogP contribution in [0, 0.1) is 0 Å². The van der Waals surface area contributed by atoms with Crippen LogP contribution in [0.1, 0.15) is 6.42 Å². The molecule has 0 amide bonds. The average molecular weight is 275 g/mol. The molecule has 18 heavy (non-hydrogen) atoms. The number of hydrogen-bond acceptors (Lipinski definition) is 7. The maximum atomic E-state index is 11.1. The van der Waals surface area contributed by atoms with E-state index in [-0.39, 0.29) is 30.2 Å². The minimum atomic E-state index is -1.05. The van der Waals surface area contributed by atoms with Gasteiger partial charge in [-0.05, 0) is 11.6 Å². The molecule has 9 heteroatoms. The number of methoxy groups -OCH3 is 1. The molecule has 0 saturated carbocycles. The van der Waals surface area contributed by atoms with Gasteiger partial charge < -0.3 is 19.8 Å². The van der Waals surface area contributed by atoms with Crippen molar-refractivity contribution in [2.24, 2.45) is 0 Å². The Morgan fingerprint density at radius 1 is 1.50 bits per heavy atom. The number of aromatic nitrogens is 3. The van der Waals surface area contributed by atoms with E-state index in [0.29, 0.717) is 0 Å². The Labute approximate surface area is 107 Å². The lowest BCUT2D eigenvalue weighted by atomic mass is 10.2. The first-order valence-electron chi connectivity index (χ1n) is 5.14. The second kappa shape index (κ2) is 4.91. The number of β-amino-alcohol motifs (C(OH)–C–C–N with tert-alkyl or cyclic N) is 1. The summed E-state index contributed by atoms with van der Waals surface area (Å²) in [6.45, 7) is 0.125. The molecule has 98 valence electrons. The third-order valence-corrected chi connectivity index (χ3v) is 2.75. The lowest BCUT2D eigenvalue weighted by Crippen LogP contribution is -2.37. The molecule has 2 heterocycles. The highest BCUT2D eigenvalue weighted by Crippen LogP contribution is 2.24. The predicted octanol–water partition coefficient (Wildman–Crippen LogP) is -0.442. The highest BCUT2D eigenvalue weighted by atomic mass is 35.5. The van der Waals surface area contributed by atoms with Crippen molar-refractivity contribution in [3.8, 4) is 6.01 Å². The Morgan fingerprint density at radius 3 is 2.83 bits per heavy atom. The second-order valence-electron chi connectivity index (χ2n) is 3.79. The molecule has 2 atom stereocenters. The van der Waals surface area contributed by atoms with E-state index in [4.69, 9.17) is 21.4 Å². The van der Waals surface area contributed by atoms with Crippen LogP contribution in [0.2, 0.25) is 5.28 Å². The third kappa shape index (κ3) is 2.44. The highest BCUT2D eigenvalue weighted by molar-refractivity contribution is 6.28. The summed E-state index contributed by atoms with van der Waals surface area (Å²) in [4.78, 5) is 23.9. The van der Waals surface area contributed by atoms with Gasteiger partial charge in [0.1, 0.15) is 6.04 Å². The minimum Gasteiger partial charge on any atom is -0.480 e. The molecule has 0 aromatic carbocycles. The van der Waals surface area contributed by atoms with Crippen molar-refractivity contribution < 1.29 is 19.7 Å². The van der Waals surface area contributed by atoms with Gasteiger partial charge in [-0.15, -0.1) is 0 Å². The summed E-state index contributed by atoms with van der Waals surface area (Å²) in [5.41, 5.74) is 0. The lowest BCUT2D eigenvalue weighted by Gasteiger charge is -2.20. The van der Waals surface area contributed by atoms with Gasteiger partial charge in [0.05, 0.1) is 13.2 Å². The molecule has 1 aromatic rings. The molecule has 0 bridgehead atoms. The fourth-order valence-electron chi connectivity index (χ4n) is 1.81. The molecule has 0 spiro atoms. The number of hydrogen-bond donors (Lipinski definition) is 2. The molecule has 1 aliphatic rings. The van der Waals surface area contributed by atoms with Crippen LogP contribution < -0.4 is 9.64 Å². The number of nitrogens with zero attached hydrogens (tertiary/aromatic N) is 4. The number of carbonyl (C=O) groups is 1. The van der Waals surface area contributed by atoms with Crippen LogP contribution in [-0.4, -0.2) is 56.9 Å². The SMILES string of the molecule is COc1nc(Cl)nc(N2CC(O)CC2C(=O)O)n1. The molecule has 1 saturated heterocycles. The lowest BCUT2D eigenvalue weighted by molar-refractivity contribution is -0.138. The quantitative estimate of drug-likeness (QED) is 0.763. The first kappa shape index (κ1) is 12.8. The molecule has 1 fully saturated rings. The topological polar surface area (TPSA) is 109 Å². The fraction of sp³-hybridized carbons (Fsp3) is 0.556. The Kier molecular flexibility index (Phi) is 3.48. The van der Waals surface area contributed by atoms with E-state index in [1.807, 2.05) is 0 Å². The maximum absolute atomic E-state index is 11.1. The van der Waals surface area contributed by atoms with Gasteiger partial charge in [-0.25, -0.2) is 4.79 Å². The van der Waals surface area contributed by atoms with Crippen LogP contribution in [-0.2, 0) is 4.79 Å². The van der Waals surface area contributed by atoms with Crippen LogP contribution in [0.5, 0.6) is 6.01 Å². The Hall–Kier alpha value is -1.67. The van der Waals surface area contributed by atoms with Gasteiger partial charge >= 0.3 is 12.0 Å². The van der Waals surface area contributed by atoms with E-state index < -0.39 is 18.1 Å². The van der Waals surface area contributed by atoms with E-state index in [1.54, 1.807) is 0 Å². The number of aliphatic carboxylic acids is 1. The molecule has 8 nitrogen and oxygen atoms in total. The van der Waals surface area contributed by atoms with E-state index in [2.05, 4.69) is 15.0 Å². The number of aliphatic hydroxyl groups is 1. The molecular formula is C9H11ClN4O4. The summed E-state index contributed by atoms with van der Waals surface area (Å²) in [6, 6.07) is -0.890. The van der Waals surface area contributed by atoms with E-state index in [9.17, 15) is 9.90 Å². The maximum Gasteiger partial charge on any atom is 0.326 e. The summed E-state index contributed by atoms with van der Waals surface area (Å²) in [5, 5.41) is 18.5. The summed E-state index contributed by atoms with van der Waals surface area (Å²) in [5.74, 6) is -0.974. The molecule has 2 unspecified atom stereocenters. The van der Waals surface area contributed by atoms with Crippen molar-refractivity contribution >= 4 is 23.5 Å². The van der Waals surface area contributed by atoms with Crippen molar-refractivity contribution in [2.45, 2.75) is 18.6 Å².